The zero-order valence-corrected chi connectivity index (χ0v) is 12.8. The van der Waals surface area contributed by atoms with Crippen LogP contribution in [0, 0.1) is 11.8 Å². The molecule has 0 aromatic heterocycles. The number of hydrogen-bond acceptors (Lipinski definition) is 2. The summed E-state index contributed by atoms with van der Waals surface area (Å²) in [5.41, 5.74) is 6.65. The van der Waals surface area contributed by atoms with Gasteiger partial charge in [-0.15, -0.1) is 0 Å². The van der Waals surface area contributed by atoms with Gasteiger partial charge < -0.3 is 10.5 Å². The van der Waals surface area contributed by atoms with Crippen LogP contribution in [0.25, 0.3) is 0 Å². The Labute approximate surface area is 119 Å². The second kappa shape index (κ2) is 8.26. The van der Waals surface area contributed by atoms with Gasteiger partial charge in [-0.25, -0.2) is 0 Å². The summed E-state index contributed by atoms with van der Waals surface area (Å²) in [6, 6.07) is 0.279. The highest BCUT2D eigenvalue weighted by atomic mass is 16.5. The Hall–Kier alpha value is -0.0800. The average Bonchev–Trinajstić information content (AvgIpc) is 2.74. The summed E-state index contributed by atoms with van der Waals surface area (Å²) >= 11 is 0. The number of rotatable bonds is 5. The fraction of sp³-hybridized carbons (Fsp3) is 1.00. The number of hydrogen-bond donors (Lipinski definition) is 1. The lowest BCUT2D eigenvalue weighted by atomic mass is 9.78. The predicted octanol–water partition coefficient (Wildman–Crippen LogP) is 4.27. The molecule has 0 aromatic carbocycles. The smallest absolute Gasteiger partial charge is 0.0756 e. The van der Waals surface area contributed by atoms with Crippen molar-refractivity contribution in [2.45, 2.75) is 89.7 Å². The maximum atomic E-state index is 6.65. The van der Waals surface area contributed by atoms with Gasteiger partial charge in [-0.2, -0.15) is 0 Å². The molecule has 0 saturated heterocycles. The first-order valence-electron chi connectivity index (χ1n) is 8.70. The summed E-state index contributed by atoms with van der Waals surface area (Å²) < 4.78 is 6.11. The van der Waals surface area contributed by atoms with Gasteiger partial charge in [0.05, 0.1) is 6.10 Å². The Kier molecular flexibility index (Phi) is 6.66. The van der Waals surface area contributed by atoms with E-state index in [1.807, 2.05) is 0 Å². The Morgan fingerprint density at radius 3 is 1.84 bits per heavy atom. The lowest BCUT2D eigenvalue weighted by molar-refractivity contribution is -0.0232. The third-order valence-corrected chi connectivity index (χ3v) is 5.30. The van der Waals surface area contributed by atoms with Crippen molar-refractivity contribution in [2.24, 2.45) is 17.6 Å². The summed E-state index contributed by atoms with van der Waals surface area (Å²) in [5.74, 6) is 1.44. The Morgan fingerprint density at radius 2 is 1.32 bits per heavy atom. The van der Waals surface area contributed by atoms with Crippen LogP contribution in [0.2, 0.25) is 0 Å². The molecule has 2 nitrogen and oxygen atoms in total. The van der Waals surface area contributed by atoms with Gasteiger partial charge in [-0.05, 0) is 44.4 Å². The van der Waals surface area contributed by atoms with Crippen molar-refractivity contribution in [3.05, 3.63) is 0 Å². The van der Waals surface area contributed by atoms with Crippen LogP contribution in [0.4, 0.5) is 0 Å². The van der Waals surface area contributed by atoms with Gasteiger partial charge in [0.15, 0.2) is 0 Å². The molecule has 0 aromatic rings. The van der Waals surface area contributed by atoms with E-state index in [2.05, 4.69) is 6.92 Å². The van der Waals surface area contributed by atoms with Crippen molar-refractivity contribution in [1.29, 1.82) is 0 Å². The predicted molar refractivity (Wildman–Crippen MR) is 81.2 cm³/mol. The van der Waals surface area contributed by atoms with Gasteiger partial charge in [0.2, 0.25) is 0 Å². The molecule has 2 N–H and O–H groups in total. The molecule has 0 bridgehead atoms. The van der Waals surface area contributed by atoms with E-state index in [0.717, 1.165) is 12.5 Å². The normalized spacial score (nSPS) is 26.8. The van der Waals surface area contributed by atoms with Gasteiger partial charge in [0, 0.05) is 12.6 Å². The molecule has 2 atom stereocenters. The standard InChI is InChI=1S/C17H33NO/c1-2-19-17(15-12-8-5-9-13-15)16(18)14-10-6-3-4-7-11-14/h14-17H,2-13,18H2,1H3. The maximum absolute atomic E-state index is 6.65. The van der Waals surface area contributed by atoms with E-state index in [-0.39, 0.29) is 6.04 Å². The Bertz CT molecular complexity index is 229. The van der Waals surface area contributed by atoms with Crippen molar-refractivity contribution in [3.8, 4) is 0 Å². The summed E-state index contributed by atoms with van der Waals surface area (Å²) in [6.07, 6.45) is 15.4. The maximum Gasteiger partial charge on any atom is 0.0756 e. The highest BCUT2D eigenvalue weighted by Gasteiger charge is 2.33. The van der Waals surface area contributed by atoms with Crippen molar-refractivity contribution in [1.82, 2.24) is 0 Å². The molecular formula is C17H33NO. The van der Waals surface area contributed by atoms with E-state index in [4.69, 9.17) is 10.5 Å². The molecule has 0 spiro atoms. The lowest BCUT2D eigenvalue weighted by Gasteiger charge is -2.37. The topological polar surface area (TPSA) is 35.2 Å². The van der Waals surface area contributed by atoms with Crippen molar-refractivity contribution >= 4 is 0 Å². The quantitative estimate of drug-likeness (QED) is 0.755. The molecule has 0 aliphatic heterocycles. The molecule has 2 fully saturated rings. The van der Waals surface area contributed by atoms with Crippen LogP contribution >= 0.6 is 0 Å². The summed E-state index contributed by atoms with van der Waals surface area (Å²) in [6.45, 7) is 2.94. The number of ether oxygens (including phenoxy) is 1. The second-order valence-corrected chi connectivity index (χ2v) is 6.65. The van der Waals surface area contributed by atoms with Crippen molar-refractivity contribution in [2.75, 3.05) is 6.61 Å². The SMILES string of the molecule is CCOC(C1CCCCC1)C(N)C1CCCCCC1. The molecule has 2 saturated carbocycles. The van der Waals surface area contributed by atoms with Crippen LogP contribution in [0.5, 0.6) is 0 Å². The fourth-order valence-electron chi connectivity index (χ4n) is 4.18. The first kappa shape index (κ1) is 15.3. The molecule has 0 radical (unpaired) electrons. The van der Waals surface area contributed by atoms with Crippen LogP contribution < -0.4 is 5.73 Å². The minimum absolute atomic E-state index is 0.279. The van der Waals surface area contributed by atoms with E-state index >= 15 is 0 Å². The first-order valence-corrected chi connectivity index (χ1v) is 8.70. The molecule has 2 heteroatoms. The van der Waals surface area contributed by atoms with E-state index in [9.17, 15) is 0 Å². The van der Waals surface area contributed by atoms with Crippen LogP contribution in [-0.4, -0.2) is 18.8 Å². The summed E-state index contributed by atoms with van der Waals surface area (Å²) in [7, 11) is 0. The highest BCUT2D eigenvalue weighted by molar-refractivity contribution is 4.88. The van der Waals surface area contributed by atoms with E-state index in [1.54, 1.807) is 0 Å². The first-order chi connectivity index (χ1) is 9.33. The van der Waals surface area contributed by atoms with Gasteiger partial charge in [-0.1, -0.05) is 44.9 Å². The van der Waals surface area contributed by atoms with Gasteiger partial charge in [-0.3, -0.25) is 0 Å². The van der Waals surface area contributed by atoms with Crippen LogP contribution in [0.3, 0.4) is 0 Å². The Balaban J connectivity index is 1.95. The molecule has 0 heterocycles. The third-order valence-electron chi connectivity index (χ3n) is 5.30. The lowest BCUT2D eigenvalue weighted by Crippen LogP contribution is -2.47. The molecule has 2 unspecified atom stereocenters. The molecule has 19 heavy (non-hydrogen) atoms. The van der Waals surface area contributed by atoms with Crippen LogP contribution in [-0.2, 0) is 4.74 Å². The average molecular weight is 267 g/mol. The fourth-order valence-corrected chi connectivity index (χ4v) is 4.18. The highest BCUT2D eigenvalue weighted by Crippen LogP contribution is 2.34. The van der Waals surface area contributed by atoms with Crippen LogP contribution in [0.1, 0.15) is 77.6 Å². The third kappa shape index (κ3) is 4.46. The molecule has 2 aliphatic rings. The van der Waals surface area contributed by atoms with E-state index in [0.29, 0.717) is 12.0 Å². The Morgan fingerprint density at radius 1 is 0.842 bits per heavy atom. The zero-order chi connectivity index (χ0) is 13.5. The largest absolute Gasteiger partial charge is 0.377 e. The summed E-state index contributed by atoms with van der Waals surface area (Å²) in [5, 5.41) is 0. The van der Waals surface area contributed by atoms with Crippen molar-refractivity contribution in [3.63, 3.8) is 0 Å². The molecule has 2 aliphatic carbocycles. The zero-order valence-electron chi connectivity index (χ0n) is 12.8. The second-order valence-electron chi connectivity index (χ2n) is 6.65. The van der Waals surface area contributed by atoms with E-state index in [1.165, 1.54) is 70.6 Å². The monoisotopic (exact) mass is 267 g/mol. The van der Waals surface area contributed by atoms with Crippen LogP contribution in [0.15, 0.2) is 0 Å². The van der Waals surface area contributed by atoms with Gasteiger partial charge in [0.1, 0.15) is 0 Å². The minimum Gasteiger partial charge on any atom is -0.377 e. The summed E-state index contributed by atoms with van der Waals surface area (Å²) in [4.78, 5) is 0. The van der Waals surface area contributed by atoms with Gasteiger partial charge in [0.25, 0.3) is 0 Å². The minimum atomic E-state index is 0.279. The van der Waals surface area contributed by atoms with Crippen molar-refractivity contribution < 1.29 is 4.74 Å². The number of nitrogens with two attached hydrogens (primary N) is 1. The van der Waals surface area contributed by atoms with Gasteiger partial charge >= 0.3 is 0 Å². The molecule has 112 valence electrons. The van der Waals surface area contributed by atoms with E-state index < -0.39 is 0 Å². The molecular weight excluding hydrogens is 234 g/mol. The molecule has 2 rings (SSSR count). The molecule has 0 amide bonds.